The number of likely N-dealkylation sites (N-methyl/N-ethyl adjacent to an activating group) is 1. The topological polar surface area (TPSA) is 108 Å². The molecule has 60 heavy (non-hydrogen) atoms. The van der Waals surface area contributed by atoms with Crippen LogP contribution in [0.3, 0.4) is 0 Å². The van der Waals surface area contributed by atoms with Crippen molar-refractivity contribution >= 4 is 17.9 Å². The minimum Gasteiger partial charge on any atom is -0.477 e. The Bertz CT molecular complexity index is 1210. The summed E-state index contributed by atoms with van der Waals surface area (Å²) in [7, 11) is 5.94. The molecule has 0 saturated heterocycles. The summed E-state index contributed by atoms with van der Waals surface area (Å²) >= 11 is 0. The van der Waals surface area contributed by atoms with E-state index in [1.54, 1.807) is 0 Å². The largest absolute Gasteiger partial charge is 0.477 e. The minimum atomic E-state index is -1.51. The number of quaternary nitrogens is 1. The molecular formula is C51H88NO8+. The maximum absolute atomic E-state index is 12.7. The van der Waals surface area contributed by atoms with Crippen molar-refractivity contribution in [2.45, 2.75) is 187 Å². The van der Waals surface area contributed by atoms with E-state index in [-0.39, 0.29) is 32.2 Å². The van der Waals surface area contributed by atoms with E-state index in [2.05, 4.69) is 86.8 Å². The quantitative estimate of drug-likeness (QED) is 0.0213. The van der Waals surface area contributed by atoms with Gasteiger partial charge in [0.25, 0.3) is 6.29 Å². The van der Waals surface area contributed by atoms with Gasteiger partial charge in [0.05, 0.1) is 34.4 Å². The number of rotatable bonds is 42. The van der Waals surface area contributed by atoms with E-state index in [9.17, 15) is 19.5 Å². The average molecular weight is 843 g/mol. The number of nitrogens with zero attached hydrogens (tertiary/aromatic N) is 1. The molecule has 0 heterocycles. The molecule has 0 aromatic carbocycles. The lowest BCUT2D eigenvalue weighted by molar-refractivity contribution is -0.870. The molecule has 0 bridgehead atoms. The highest BCUT2D eigenvalue weighted by atomic mass is 16.7. The van der Waals surface area contributed by atoms with E-state index in [1.165, 1.54) is 51.4 Å². The molecule has 0 aliphatic rings. The van der Waals surface area contributed by atoms with E-state index in [0.29, 0.717) is 23.9 Å². The van der Waals surface area contributed by atoms with Crippen molar-refractivity contribution in [1.82, 2.24) is 0 Å². The number of unbranched alkanes of at least 4 members (excludes halogenated alkanes) is 15. The zero-order chi connectivity index (χ0) is 44.2. The number of carboxylic acids is 1. The third kappa shape index (κ3) is 42.8. The fourth-order valence-electron chi connectivity index (χ4n) is 6.07. The van der Waals surface area contributed by atoms with E-state index >= 15 is 0 Å². The molecule has 0 radical (unpaired) electrons. The maximum Gasteiger partial charge on any atom is 0.361 e. The Labute approximate surface area is 367 Å². The number of carbonyl (C=O) groups is 3. The van der Waals surface area contributed by atoms with Crippen molar-refractivity contribution in [3.05, 3.63) is 72.9 Å². The summed E-state index contributed by atoms with van der Waals surface area (Å²) < 4.78 is 22.6. The first-order valence-corrected chi connectivity index (χ1v) is 23.6. The highest BCUT2D eigenvalue weighted by molar-refractivity contribution is 5.71. The lowest BCUT2D eigenvalue weighted by atomic mass is 10.0. The Morgan fingerprint density at radius 1 is 0.517 bits per heavy atom. The SMILES string of the molecule is CC/C=C\C/C=C\C/C=C\C/C=C\C/C=C\C/C=C\CCCCCCCCCCCCC(=O)OC(COC(=O)CCCCCCCC)COC(OCC[N+](C)(C)C)C(=O)O. The zero-order valence-electron chi connectivity index (χ0n) is 38.8. The van der Waals surface area contributed by atoms with Gasteiger partial charge in [0, 0.05) is 12.8 Å². The Morgan fingerprint density at radius 2 is 0.950 bits per heavy atom. The van der Waals surface area contributed by atoms with Gasteiger partial charge in [-0.25, -0.2) is 4.79 Å². The Balaban J connectivity index is 4.15. The van der Waals surface area contributed by atoms with Gasteiger partial charge >= 0.3 is 17.9 Å². The molecule has 0 aromatic rings. The standard InChI is InChI=1S/C51H87NO8/c1-6-8-10-12-14-15-16-17-18-19-20-21-22-23-24-25-26-27-28-29-30-31-32-33-34-35-36-38-40-42-49(54)60-47(45-58-48(53)41-39-37-13-11-9-7-2)46-59-51(50(55)56)57-44-43-52(3,4)5/h8,10,14-15,17-18,20-21,23-24,26-27,47,51H,6-7,9,11-13,16,19,22,25,28-46H2,1-5H3/p+1/b10-8-,15-14-,18-17-,21-20-,24-23-,27-26-. The van der Waals surface area contributed by atoms with Gasteiger partial charge in [0.15, 0.2) is 6.10 Å². The van der Waals surface area contributed by atoms with Gasteiger partial charge in [-0.2, -0.15) is 0 Å². The van der Waals surface area contributed by atoms with Crippen LogP contribution in [-0.2, 0) is 33.3 Å². The first-order valence-electron chi connectivity index (χ1n) is 23.6. The summed E-state index contributed by atoms with van der Waals surface area (Å²) in [5.74, 6) is -2.03. The van der Waals surface area contributed by atoms with Gasteiger partial charge in [-0.1, -0.05) is 170 Å². The van der Waals surface area contributed by atoms with Crippen molar-refractivity contribution in [3.63, 3.8) is 0 Å². The van der Waals surface area contributed by atoms with Gasteiger partial charge < -0.3 is 28.5 Å². The van der Waals surface area contributed by atoms with E-state index in [1.807, 2.05) is 21.1 Å². The number of ether oxygens (including phenoxy) is 4. The van der Waals surface area contributed by atoms with E-state index < -0.39 is 24.3 Å². The molecule has 0 aliphatic carbocycles. The second-order valence-electron chi connectivity index (χ2n) is 16.7. The van der Waals surface area contributed by atoms with Gasteiger partial charge in [-0.3, -0.25) is 9.59 Å². The summed E-state index contributed by atoms with van der Waals surface area (Å²) in [4.78, 5) is 36.9. The second kappa shape index (κ2) is 42.4. The molecule has 1 N–H and O–H groups in total. The molecule has 344 valence electrons. The van der Waals surface area contributed by atoms with Crippen molar-refractivity contribution in [1.29, 1.82) is 0 Å². The Hall–Kier alpha value is -3.27. The van der Waals surface area contributed by atoms with Gasteiger partial charge in [0.1, 0.15) is 13.2 Å². The molecule has 0 saturated carbocycles. The molecule has 2 unspecified atom stereocenters. The molecule has 0 spiro atoms. The fourth-order valence-corrected chi connectivity index (χ4v) is 6.07. The fraction of sp³-hybridized carbons (Fsp3) is 0.706. The zero-order valence-corrected chi connectivity index (χ0v) is 38.8. The van der Waals surface area contributed by atoms with Crippen molar-refractivity contribution in [2.24, 2.45) is 0 Å². The number of aliphatic carboxylic acids is 1. The number of carbonyl (C=O) groups excluding carboxylic acids is 2. The smallest absolute Gasteiger partial charge is 0.361 e. The highest BCUT2D eigenvalue weighted by Crippen LogP contribution is 2.14. The molecule has 0 aromatic heterocycles. The van der Waals surface area contributed by atoms with Crippen LogP contribution in [0.15, 0.2) is 72.9 Å². The van der Waals surface area contributed by atoms with Gasteiger partial charge in [0.2, 0.25) is 0 Å². The van der Waals surface area contributed by atoms with Crippen LogP contribution in [-0.4, -0.2) is 87.4 Å². The highest BCUT2D eigenvalue weighted by Gasteiger charge is 2.25. The van der Waals surface area contributed by atoms with Gasteiger partial charge in [-0.15, -0.1) is 0 Å². The van der Waals surface area contributed by atoms with Crippen LogP contribution in [0.4, 0.5) is 0 Å². The molecule has 2 atom stereocenters. The first-order chi connectivity index (χ1) is 29.1. The van der Waals surface area contributed by atoms with Gasteiger partial charge in [-0.05, 0) is 64.2 Å². The summed E-state index contributed by atoms with van der Waals surface area (Å²) in [5, 5.41) is 9.60. The molecule has 9 heteroatoms. The van der Waals surface area contributed by atoms with Crippen LogP contribution in [0.1, 0.15) is 174 Å². The molecule has 9 nitrogen and oxygen atoms in total. The van der Waals surface area contributed by atoms with Crippen molar-refractivity contribution < 1.29 is 42.9 Å². The Kier molecular flexibility index (Phi) is 40.1. The summed E-state index contributed by atoms with van der Waals surface area (Å²) in [6.45, 7) is 4.66. The predicted octanol–water partition coefficient (Wildman–Crippen LogP) is 12.7. The number of carboxylic acid groups (broad SMARTS) is 1. The molecular weight excluding hydrogens is 755 g/mol. The summed E-state index contributed by atoms with van der Waals surface area (Å²) in [6.07, 6.45) is 50.0. The number of hydrogen-bond acceptors (Lipinski definition) is 7. The number of esters is 2. The second-order valence-corrected chi connectivity index (χ2v) is 16.7. The molecule has 0 rings (SSSR count). The summed E-state index contributed by atoms with van der Waals surface area (Å²) in [5.41, 5.74) is 0. The average Bonchev–Trinajstić information content (AvgIpc) is 3.21. The third-order valence-electron chi connectivity index (χ3n) is 9.73. The predicted molar refractivity (Wildman–Crippen MR) is 249 cm³/mol. The molecule has 0 amide bonds. The van der Waals surface area contributed by atoms with E-state index in [0.717, 1.165) is 89.9 Å². The lowest BCUT2D eigenvalue weighted by Crippen LogP contribution is -2.40. The van der Waals surface area contributed by atoms with Crippen molar-refractivity contribution in [3.8, 4) is 0 Å². The van der Waals surface area contributed by atoms with E-state index in [4.69, 9.17) is 18.9 Å². The molecule has 0 fully saturated rings. The number of allylic oxidation sites excluding steroid dienone is 12. The van der Waals surface area contributed by atoms with Crippen molar-refractivity contribution in [2.75, 3.05) is 47.5 Å². The van der Waals surface area contributed by atoms with Crippen LogP contribution in [0.25, 0.3) is 0 Å². The summed E-state index contributed by atoms with van der Waals surface area (Å²) in [6, 6.07) is 0. The minimum absolute atomic E-state index is 0.184. The molecule has 0 aliphatic heterocycles. The van der Waals surface area contributed by atoms with Crippen LogP contribution in [0, 0.1) is 0 Å². The van der Waals surface area contributed by atoms with Crippen LogP contribution >= 0.6 is 0 Å². The lowest BCUT2D eigenvalue weighted by Gasteiger charge is -2.25. The van der Waals surface area contributed by atoms with Crippen LogP contribution in [0.5, 0.6) is 0 Å². The first kappa shape index (κ1) is 56.7. The maximum atomic E-state index is 12.7. The third-order valence-corrected chi connectivity index (χ3v) is 9.73. The Morgan fingerprint density at radius 3 is 1.42 bits per heavy atom. The van der Waals surface area contributed by atoms with Crippen LogP contribution < -0.4 is 0 Å². The van der Waals surface area contributed by atoms with Crippen LogP contribution in [0.2, 0.25) is 0 Å². The monoisotopic (exact) mass is 843 g/mol. The normalized spacial score (nSPS) is 13.6. The number of hydrogen-bond donors (Lipinski definition) is 1.